The molecule has 0 spiro atoms. The van der Waals surface area contributed by atoms with Crippen LogP contribution >= 0.6 is 0 Å². The van der Waals surface area contributed by atoms with Crippen LogP contribution < -0.4 is 11.1 Å². The van der Waals surface area contributed by atoms with Crippen molar-refractivity contribution in [2.75, 3.05) is 12.3 Å². The third kappa shape index (κ3) is 3.37. The fraction of sp³-hybridized carbons (Fsp3) is 0.500. The minimum atomic E-state index is -0.431. The van der Waals surface area contributed by atoms with Crippen molar-refractivity contribution >= 4 is 29.3 Å². The summed E-state index contributed by atoms with van der Waals surface area (Å²) in [6, 6.07) is 0. The summed E-state index contributed by atoms with van der Waals surface area (Å²) in [5, 5.41) is 2.87. The first kappa shape index (κ1) is 17.4. The number of aryl methyl sites for hydroxylation is 1. The minimum absolute atomic E-state index is 0.389. The van der Waals surface area contributed by atoms with Crippen molar-refractivity contribution < 1.29 is 9.53 Å². The largest absolute Gasteiger partial charge is 0.382 e. The predicted octanol–water partition coefficient (Wildman–Crippen LogP) is 2.03. The van der Waals surface area contributed by atoms with Gasteiger partial charge in [0, 0.05) is 18.7 Å². The highest BCUT2D eigenvalue weighted by molar-refractivity contribution is 5.93. The lowest BCUT2D eigenvalue weighted by Gasteiger charge is -2.26. The molecule has 25 heavy (non-hydrogen) atoms. The van der Waals surface area contributed by atoms with E-state index in [1.165, 1.54) is 0 Å². The van der Waals surface area contributed by atoms with Crippen LogP contribution in [-0.4, -0.2) is 33.1 Å². The summed E-state index contributed by atoms with van der Waals surface area (Å²) < 4.78 is 7.70. The predicted molar refractivity (Wildman–Crippen MR) is 97.9 cm³/mol. The molecule has 7 heteroatoms. The zero-order chi connectivity index (χ0) is 18.0. The molecule has 0 bridgehead atoms. The maximum Gasteiger partial charge on any atom is 0.207 e. The van der Waals surface area contributed by atoms with Gasteiger partial charge >= 0.3 is 0 Å². The Labute approximate surface area is 147 Å². The highest BCUT2D eigenvalue weighted by atomic mass is 16.5. The van der Waals surface area contributed by atoms with Crippen molar-refractivity contribution in [3.8, 4) is 0 Å². The first-order valence-corrected chi connectivity index (χ1v) is 8.60. The molecule has 0 saturated carbocycles. The minimum Gasteiger partial charge on any atom is -0.382 e. The van der Waals surface area contributed by atoms with Crippen molar-refractivity contribution in [3.63, 3.8) is 0 Å². The zero-order valence-electron chi connectivity index (χ0n) is 15.0. The molecule has 0 aromatic carbocycles. The molecular formula is C18H25N5O2. The van der Waals surface area contributed by atoms with Gasteiger partial charge in [-0.15, -0.1) is 0 Å². The number of anilines is 1. The number of fused-ring (bicyclic) bond motifs is 3. The molecule has 134 valence electrons. The molecule has 2 aromatic heterocycles. The average Bonchev–Trinajstić information content (AvgIpc) is 2.91. The van der Waals surface area contributed by atoms with Crippen LogP contribution in [0.25, 0.3) is 17.1 Å². The van der Waals surface area contributed by atoms with Crippen molar-refractivity contribution in [1.82, 2.24) is 19.9 Å². The van der Waals surface area contributed by atoms with Crippen LogP contribution in [-0.2, 0) is 29.1 Å². The SMILES string of the molecule is CCOCc1nc2c(N)nc3c(c2n1CC(C)(C)NC=O)C=CCC3. The Morgan fingerprint density at radius 2 is 2.24 bits per heavy atom. The third-order valence-electron chi connectivity index (χ3n) is 4.38. The summed E-state index contributed by atoms with van der Waals surface area (Å²) >= 11 is 0. The Bertz CT molecular complexity index is 823. The lowest BCUT2D eigenvalue weighted by Crippen LogP contribution is -2.42. The number of pyridine rings is 1. The quantitative estimate of drug-likeness (QED) is 0.750. The van der Waals surface area contributed by atoms with Gasteiger partial charge in [0.25, 0.3) is 0 Å². The first-order chi connectivity index (χ1) is 12.0. The summed E-state index contributed by atoms with van der Waals surface area (Å²) in [5.74, 6) is 1.24. The van der Waals surface area contributed by atoms with Crippen LogP contribution in [0, 0.1) is 0 Å². The molecule has 0 atom stereocenters. The highest BCUT2D eigenvalue weighted by Crippen LogP contribution is 2.31. The fourth-order valence-electron chi connectivity index (χ4n) is 3.21. The number of imidazole rings is 1. The van der Waals surface area contributed by atoms with Crippen molar-refractivity contribution in [1.29, 1.82) is 0 Å². The maximum atomic E-state index is 11.0. The Hall–Kier alpha value is -2.41. The van der Waals surface area contributed by atoms with E-state index >= 15 is 0 Å². The molecule has 7 nitrogen and oxygen atoms in total. The zero-order valence-corrected chi connectivity index (χ0v) is 15.0. The van der Waals surface area contributed by atoms with E-state index in [9.17, 15) is 4.79 Å². The molecule has 2 heterocycles. The number of hydrogen-bond acceptors (Lipinski definition) is 5. The number of hydrogen-bond donors (Lipinski definition) is 2. The van der Waals surface area contributed by atoms with Crippen molar-refractivity contribution in [3.05, 3.63) is 23.2 Å². The summed E-state index contributed by atoms with van der Waals surface area (Å²) in [6.45, 7) is 7.46. The third-order valence-corrected chi connectivity index (χ3v) is 4.38. The number of nitrogens with one attached hydrogen (secondary N) is 1. The molecular weight excluding hydrogens is 318 g/mol. The van der Waals surface area contributed by atoms with Gasteiger partial charge in [-0.05, 0) is 33.6 Å². The fourth-order valence-corrected chi connectivity index (χ4v) is 3.21. The van der Waals surface area contributed by atoms with Gasteiger partial charge in [-0.1, -0.05) is 12.2 Å². The molecule has 0 radical (unpaired) electrons. The van der Waals surface area contributed by atoms with Gasteiger partial charge in [-0.25, -0.2) is 9.97 Å². The van der Waals surface area contributed by atoms with Crippen LogP contribution in [0.1, 0.15) is 44.3 Å². The van der Waals surface area contributed by atoms with E-state index in [0.717, 1.165) is 41.9 Å². The number of nitrogens with two attached hydrogens (primary N) is 1. The van der Waals surface area contributed by atoms with Gasteiger partial charge in [-0.2, -0.15) is 0 Å². The number of rotatable bonds is 7. The van der Waals surface area contributed by atoms with E-state index in [2.05, 4.69) is 27.0 Å². The smallest absolute Gasteiger partial charge is 0.207 e. The van der Waals surface area contributed by atoms with E-state index in [1.807, 2.05) is 20.8 Å². The van der Waals surface area contributed by atoms with Crippen molar-refractivity contribution in [2.24, 2.45) is 0 Å². The number of carbonyl (C=O) groups is 1. The second-order valence-electron chi connectivity index (χ2n) is 6.89. The molecule has 1 aliphatic carbocycles. The van der Waals surface area contributed by atoms with Crippen LogP contribution in [0.5, 0.6) is 0 Å². The maximum absolute atomic E-state index is 11.0. The van der Waals surface area contributed by atoms with Crippen LogP contribution in [0.3, 0.4) is 0 Å². The van der Waals surface area contributed by atoms with Crippen molar-refractivity contribution in [2.45, 2.75) is 52.3 Å². The summed E-state index contributed by atoms with van der Waals surface area (Å²) in [4.78, 5) is 20.2. The standard InChI is InChI=1S/C18H25N5O2/c1-4-25-9-14-22-15-16(23(14)10-18(2,3)20-11-24)12-7-5-6-8-13(12)21-17(15)19/h5,7,11H,4,6,8-10H2,1-3H3,(H2,19,21)(H,20,24). The second-order valence-corrected chi connectivity index (χ2v) is 6.89. The van der Waals surface area contributed by atoms with Crippen LogP contribution in [0.15, 0.2) is 6.08 Å². The molecule has 0 aliphatic heterocycles. The molecule has 0 saturated heterocycles. The van der Waals surface area contributed by atoms with E-state index in [-0.39, 0.29) is 0 Å². The average molecular weight is 343 g/mol. The molecule has 0 unspecified atom stereocenters. The Kier molecular flexibility index (Phi) is 4.76. The van der Waals surface area contributed by atoms with E-state index in [1.54, 1.807) is 0 Å². The molecule has 1 amide bonds. The van der Waals surface area contributed by atoms with Gasteiger partial charge in [0.1, 0.15) is 17.9 Å². The molecule has 0 fully saturated rings. The first-order valence-electron chi connectivity index (χ1n) is 8.60. The number of aromatic nitrogens is 3. The Balaban J connectivity index is 2.21. The normalized spacial score (nSPS) is 13.9. The Morgan fingerprint density at radius 3 is 2.96 bits per heavy atom. The summed E-state index contributed by atoms with van der Waals surface area (Å²) in [6.07, 6.45) is 6.80. The van der Waals surface area contributed by atoms with Gasteiger partial charge in [0.15, 0.2) is 5.82 Å². The monoisotopic (exact) mass is 343 g/mol. The number of allylic oxidation sites excluding steroid dienone is 1. The van der Waals surface area contributed by atoms with Gasteiger partial charge < -0.3 is 20.4 Å². The van der Waals surface area contributed by atoms with E-state index in [4.69, 9.17) is 15.5 Å². The topological polar surface area (TPSA) is 95.1 Å². The van der Waals surface area contributed by atoms with Crippen LogP contribution in [0.2, 0.25) is 0 Å². The molecule has 3 N–H and O–H groups in total. The van der Waals surface area contributed by atoms with Gasteiger partial charge in [-0.3, -0.25) is 4.79 Å². The number of nitrogen functional groups attached to an aromatic ring is 1. The number of nitrogens with zero attached hydrogens (tertiary/aromatic N) is 3. The molecule has 1 aliphatic rings. The molecule has 3 rings (SSSR count). The summed E-state index contributed by atoms with van der Waals surface area (Å²) in [5.41, 5.74) is 9.48. The number of ether oxygens (including phenoxy) is 1. The van der Waals surface area contributed by atoms with E-state index in [0.29, 0.717) is 31.1 Å². The number of carbonyl (C=O) groups excluding carboxylic acids is 1. The lowest BCUT2D eigenvalue weighted by molar-refractivity contribution is -0.111. The second kappa shape index (κ2) is 6.84. The lowest BCUT2D eigenvalue weighted by atomic mass is 10.0. The summed E-state index contributed by atoms with van der Waals surface area (Å²) in [7, 11) is 0. The van der Waals surface area contributed by atoms with Gasteiger partial charge in [0.2, 0.25) is 6.41 Å². The number of amides is 1. The molecule has 2 aromatic rings. The van der Waals surface area contributed by atoms with Gasteiger partial charge in [0.05, 0.1) is 16.7 Å². The van der Waals surface area contributed by atoms with Crippen LogP contribution in [0.4, 0.5) is 5.82 Å². The van der Waals surface area contributed by atoms with E-state index < -0.39 is 5.54 Å². The highest BCUT2D eigenvalue weighted by Gasteiger charge is 2.25. The Morgan fingerprint density at radius 1 is 1.44 bits per heavy atom.